The first kappa shape index (κ1) is 13.5. The van der Waals surface area contributed by atoms with E-state index in [4.69, 9.17) is 11.6 Å². The van der Waals surface area contributed by atoms with Gasteiger partial charge in [-0.25, -0.2) is 4.98 Å². The van der Waals surface area contributed by atoms with Crippen molar-refractivity contribution in [3.63, 3.8) is 0 Å². The number of aromatic amines is 1. The van der Waals surface area contributed by atoms with Crippen molar-refractivity contribution in [3.05, 3.63) is 46.9 Å². The third-order valence-corrected chi connectivity index (χ3v) is 3.25. The summed E-state index contributed by atoms with van der Waals surface area (Å²) in [5.41, 5.74) is 3.04. The molecule has 0 aliphatic carbocycles. The lowest BCUT2D eigenvalue weighted by Crippen LogP contribution is -2.16. The zero-order valence-electron chi connectivity index (χ0n) is 11.2. The fraction of sp³-hybridized carbons (Fsp3) is 0.143. The van der Waals surface area contributed by atoms with Crippen LogP contribution >= 0.6 is 11.6 Å². The van der Waals surface area contributed by atoms with Crippen LogP contribution in [-0.4, -0.2) is 25.8 Å². The van der Waals surface area contributed by atoms with Crippen molar-refractivity contribution in [3.8, 4) is 0 Å². The second-order valence-corrected chi connectivity index (χ2v) is 5.01. The molecule has 0 spiro atoms. The van der Waals surface area contributed by atoms with Crippen LogP contribution in [-0.2, 0) is 11.2 Å². The molecule has 3 rings (SSSR count). The number of carbonyl (C=O) groups excluding carboxylic acids is 1. The summed E-state index contributed by atoms with van der Waals surface area (Å²) in [4.78, 5) is 27.0. The van der Waals surface area contributed by atoms with Crippen molar-refractivity contribution < 1.29 is 4.79 Å². The first-order valence-electron chi connectivity index (χ1n) is 6.34. The highest BCUT2D eigenvalue weighted by Crippen LogP contribution is 2.18. The third-order valence-electron chi connectivity index (χ3n) is 2.98. The minimum atomic E-state index is -0.204. The Morgan fingerprint density at radius 3 is 2.81 bits per heavy atom. The number of anilines is 1. The average Bonchev–Trinajstić information content (AvgIpc) is 2.90. The summed E-state index contributed by atoms with van der Waals surface area (Å²) in [5.74, 6) is -0.0542. The van der Waals surface area contributed by atoms with Crippen molar-refractivity contribution >= 4 is 34.6 Å². The molecule has 106 valence electrons. The van der Waals surface area contributed by atoms with Gasteiger partial charge < -0.3 is 4.98 Å². The molecule has 0 saturated heterocycles. The van der Waals surface area contributed by atoms with Crippen LogP contribution in [0.4, 0.5) is 5.95 Å². The number of aromatic nitrogens is 4. The Kier molecular flexibility index (Phi) is 3.53. The van der Waals surface area contributed by atoms with Gasteiger partial charge in [0.1, 0.15) is 5.52 Å². The summed E-state index contributed by atoms with van der Waals surface area (Å²) < 4.78 is 0. The molecule has 0 bridgehead atoms. The molecule has 0 fully saturated rings. The molecule has 1 amide bonds. The molecule has 0 aliphatic rings. The van der Waals surface area contributed by atoms with Crippen LogP contribution in [0.15, 0.2) is 30.6 Å². The predicted octanol–water partition coefficient (Wildman–Crippen LogP) is 2.50. The van der Waals surface area contributed by atoms with Crippen LogP contribution in [0.1, 0.15) is 11.1 Å². The molecule has 7 heteroatoms. The molecular formula is C14H12ClN5O. The molecule has 0 radical (unpaired) electrons. The van der Waals surface area contributed by atoms with Crippen molar-refractivity contribution in [1.82, 2.24) is 19.9 Å². The van der Waals surface area contributed by atoms with E-state index in [1.54, 1.807) is 0 Å². The molecule has 21 heavy (non-hydrogen) atoms. The number of H-pyrrole nitrogens is 1. The number of fused-ring (bicyclic) bond motifs is 1. The third kappa shape index (κ3) is 3.00. The highest BCUT2D eigenvalue weighted by molar-refractivity contribution is 6.33. The summed E-state index contributed by atoms with van der Waals surface area (Å²) in [6.07, 6.45) is 1.73. The number of amides is 1. The Bertz CT molecular complexity index is 797. The molecular weight excluding hydrogens is 290 g/mol. The van der Waals surface area contributed by atoms with Crippen LogP contribution in [0.3, 0.4) is 0 Å². The topological polar surface area (TPSA) is 83.6 Å². The Hall–Kier alpha value is -2.47. The summed E-state index contributed by atoms with van der Waals surface area (Å²) in [6.45, 7) is 2.00. The van der Waals surface area contributed by atoms with E-state index in [0.717, 1.165) is 11.1 Å². The van der Waals surface area contributed by atoms with Gasteiger partial charge in [-0.15, -0.1) is 0 Å². The number of hydrogen-bond donors (Lipinski definition) is 2. The zero-order chi connectivity index (χ0) is 14.8. The van der Waals surface area contributed by atoms with Gasteiger partial charge in [0.05, 0.1) is 12.7 Å². The van der Waals surface area contributed by atoms with Gasteiger partial charge in [-0.2, -0.15) is 9.97 Å². The molecule has 1 aromatic carbocycles. The number of hydrogen-bond acceptors (Lipinski definition) is 4. The molecule has 2 aromatic heterocycles. The van der Waals surface area contributed by atoms with Crippen LogP contribution in [0.25, 0.3) is 11.2 Å². The number of benzene rings is 1. The van der Waals surface area contributed by atoms with E-state index in [0.29, 0.717) is 11.2 Å². The molecule has 6 nitrogen and oxygen atoms in total. The first-order valence-corrected chi connectivity index (χ1v) is 6.71. The largest absolute Gasteiger partial charge is 0.341 e. The van der Waals surface area contributed by atoms with E-state index in [9.17, 15) is 4.79 Å². The fourth-order valence-electron chi connectivity index (χ4n) is 1.91. The molecule has 2 N–H and O–H groups in total. The maximum Gasteiger partial charge on any atom is 0.233 e. The maximum atomic E-state index is 12.0. The number of carbonyl (C=O) groups is 1. The van der Waals surface area contributed by atoms with E-state index in [1.165, 1.54) is 6.33 Å². The van der Waals surface area contributed by atoms with Crippen LogP contribution < -0.4 is 5.32 Å². The van der Waals surface area contributed by atoms with E-state index in [1.807, 2.05) is 31.2 Å². The Balaban J connectivity index is 1.75. The monoisotopic (exact) mass is 301 g/mol. The quantitative estimate of drug-likeness (QED) is 0.728. The molecule has 0 saturated carbocycles. The SMILES string of the molecule is Cc1ccc(CC(=O)Nc2nc(Cl)c3[nH]cnc3n2)cc1. The summed E-state index contributed by atoms with van der Waals surface area (Å²) in [6, 6.07) is 7.76. The number of halogens is 1. The molecule has 0 unspecified atom stereocenters. The summed E-state index contributed by atoms with van der Waals surface area (Å²) in [7, 11) is 0. The molecule has 2 heterocycles. The standard InChI is InChI=1S/C14H12ClN5O/c1-8-2-4-9(5-3-8)6-10(21)18-14-19-12(15)11-13(20-14)17-7-16-11/h2-5,7H,6H2,1H3,(H2,16,17,18,19,20,21). The highest BCUT2D eigenvalue weighted by atomic mass is 35.5. The van der Waals surface area contributed by atoms with E-state index in [-0.39, 0.29) is 23.4 Å². The van der Waals surface area contributed by atoms with E-state index in [2.05, 4.69) is 25.3 Å². The van der Waals surface area contributed by atoms with E-state index >= 15 is 0 Å². The van der Waals surface area contributed by atoms with Gasteiger partial charge in [-0.3, -0.25) is 10.1 Å². The van der Waals surface area contributed by atoms with Gasteiger partial charge in [0, 0.05) is 0 Å². The molecule has 3 aromatic rings. The minimum absolute atomic E-state index is 0.150. The van der Waals surface area contributed by atoms with Crippen molar-refractivity contribution in [2.45, 2.75) is 13.3 Å². The van der Waals surface area contributed by atoms with Crippen LogP contribution in [0.2, 0.25) is 5.15 Å². The summed E-state index contributed by atoms with van der Waals surface area (Å²) >= 11 is 5.99. The Labute approximate surface area is 125 Å². The smallest absolute Gasteiger partial charge is 0.233 e. The van der Waals surface area contributed by atoms with Crippen LogP contribution in [0.5, 0.6) is 0 Å². The second-order valence-electron chi connectivity index (χ2n) is 4.65. The van der Waals surface area contributed by atoms with Crippen molar-refractivity contribution in [2.75, 3.05) is 5.32 Å². The Morgan fingerprint density at radius 1 is 1.29 bits per heavy atom. The van der Waals surface area contributed by atoms with Crippen molar-refractivity contribution in [2.24, 2.45) is 0 Å². The minimum Gasteiger partial charge on any atom is -0.341 e. The summed E-state index contributed by atoms with van der Waals surface area (Å²) in [5, 5.41) is 2.85. The normalized spacial score (nSPS) is 10.8. The lowest BCUT2D eigenvalue weighted by atomic mass is 10.1. The van der Waals surface area contributed by atoms with Gasteiger partial charge >= 0.3 is 0 Å². The highest BCUT2D eigenvalue weighted by Gasteiger charge is 2.11. The number of aryl methyl sites for hydroxylation is 1. The molecule has 0 aliphatic heterocycles. The molecule has 0 atom stereocenters. The number of rotatable bonds is 3. The van der Waals surface area contributed by atoms with Crippen molar-refractivity contribution in [1.29, 1.82) is 0 Å². The lowest BCUT2D eigenvalue weighted by molar-refractivity contribution is -0.115. The second kappa shape index (κ2) is 5.49. The lowest BCUT2D eigenvalue weighted by Gasteiger charge is -2.04. The average molecular weight is 302 g/mol. The van der Waals surface area contributed by atoms with Gasteiger partial charge in [-0.1, -0.05) is 41.4 Å². The number of nitrogens with one attached hydrogen (secondary N) is 2. The maximum absolute atomic E-state index is 12.0. The van der Waals surface area contributed by atoms with Gasteiger partial charge in [0.25, 0.3) is 0 Å². The van der Waals surface area contributed by atoms with Gasteiger partial charge in [-0.05, 0) is 12.5 Å². The fourth-order valence-corrected chi connectivity index (χ4v) is 2.13. The first-order chi connectivity index (χ1) is 10.1. The van der Waals surface area contributed by atoms with Crippen LogP contribution in [0, 0.1) is 6.92 Å². The number of imidazole rings is 1. The number of nitrogens with zero attached hydrogens (tertiary/aromatic N) is 3. The Morgan fingerprint density at radius 2 is 2.05 bits per heavy atom. The zero-order valence-corrected chi connectivity index (χ0v) is 12.0. The van der Waals surface area contributed by atoms with E-state index < -0.39 is 0 Å². The van der Waals surface area contributed by atoms with Gasteiger partial charge in [0.2, 0.25) is 11.9 Å². The predicted molar refractivity (Wildman–Crippen MR) is 80.2 cm³/mol. The van der Waals surface area contributed by atoms with Gasteiger partial charge in [0.15, 0.2) is 10.8 Å².